The zero-order valence-electron chi connectivity index (χ0n) is 18.7. The van der Waals surface area contributed by atoms with E-state index in [4.69, 9.17) is 15.6 Å². The minimum absolute atomic E-state index is 0.0167. The van der Waals surface area contributed by atoms with Gasteiger partial charge in [-0.15, -0.1) is 4.59 Å². The molecule has 3 aromatic carbocycles. The van der Waals surface area contributed by atoms with E-state index >= 15 is 0 Å². The van der Waals surface area contributed by atoms with Crippen LogP contribution in [0.2, 0.25) is 0 Å². The van der Waals surface area contributed by atoms with Crippen LogP contribution in [0.25, 0.3) is 5.70 Å². The first-order valence-electron chi connectivity index (χ1n) is 10.8. The van der Waals surface area contributed by atoms with Gasteiger partial charge in [-0.2, -0.15) is 10.8 Å². The van der Waals surface area contributed by atoms with E-state index in [1.807, 2.05) is 60.8 Å². The molecule has 5 rings (SSSR count). The van der Waals surface area contributed by atoms with Crippen molar-refractivity contribution in [3.63, 3.8) is 0 Å². The molecule has 0 aliphatic carbocycles. The fourth-order valence-corrected chi connectivity index (χ4v) is 4.02. The highest BCUT2D eigenvalue weighted by molar-refractivity contribution is 6.06. The van der Waals surface area contributed by atoms with Gasteiger partial charge >= 0.3 is 0 Å². The number of aliphatic imine (C=N–C) groups is 2. The van der Waals surface area contributed by atoms with Gasteiger partial charge < -0.3 is 9.64 Å². The fraction of sp³-hybridized carbons (Fsp3) is 0.111. The second-order valence-corrected chi connectivity index (χ2v) is 8.40. The second-order valence-electron chi connectivity index (χ2n) is 8.40. The van der Waals surface area contributed by atoms with Gasteiger partial charge in [0, 0.05) is 12.1 Å². The van der Waals surface area contributed by atoms with E-state index in [0.717, 1.165) is 46.4 Å². The first kappa shape index (κ1) is 21.0. The molecular weight excluding hydrogens is 410 g/mol. The third-order valence-electron chi connectivity index (χ3n) is 5.61. The van der Waals surface area contributed by atoms with Crippen LogP contribution in [0.4, 0.5) is 0 Å². The minimum Gasteiger partial charge on any atom is -0.457 e. The van der Waals surface area contributed by atoms with Crippen LogP contribution in [-0.2, 0) is 6.54 Å². The number of hydrogen-bond acceptors (Lipinski definition) is 5. The normalized spacial score (nSPS) is 19.1. The summed E-state index contributed by atoms with van der Waals surface area (Å²) < 4.78 is 5.91. The second kappa shape index (κ2) is 8.60. The van der Waals surface area contributed by atoms with Crippen molar-refractivity contribution >= 4 is 17.7 Å². The summed E-state index contributed by atoms with van der Waals surface area (Å²) in [5, 5.41) is 0. The zero-order valence-corrected chi connectivity index (χ0v) is 18.7. The van der Waals surface area contributed by atoms with Gasteiger partial charge in [0.25, 0.3) is 5.84 Å². The maximum absolute atomic E-state index is 6.86. The number of quaternary nitrogens is 1. The van der Waals surface area contributed by atoms with Crippen LogP contribution < -0.4 is 10.6 Å². The third kappa shape index (κ3) is 4.15. The van der Waals surface area contributed by atoms with Crippen molar-refractivity contribution < 1.29 is 9.33 Å². The third-order valence-corrected chi connectivity index (χ3v) is 5.61. The highest BCUT2D eigenvalue weighted by Crippen LogP contribution is 2.36. The fourth-order valence-electron chi connectivity index (χ4n) is 4.02. The van der Waals surface area contributed by atoms with Crippen LogP contribution in [0.1, 0.15) is 16.7 Å². The van der Waals surface area contributed by atoms with E-state index < -0.39 is 0 Å². The number of rotatable bonds is 6. The molecular formula is C27H26N5O+. The maximum Gasteiger partial charge on any atom is 0.265 e. The van der Waals surface area contributed by atoms with Crippen molar-refractivity contribution in [1.82, 2.24) is 4.90 Å². The topological polar surface area (TPSA) is 63.2 Å². The Morgan fingerprint density at radius 2 is 1.52 bits per heavy atom. The van der Waals surface area contributed by atoms with Crippen LogP contribution >= 0.6 is 0 Å². The Bertz CT molecular complexity index is 1270. The summed E-state index contributed by atoms with van der Waals surface area (Å²) in [5.41, 5.74) is 4.87. The number of ether oxygens (including phenoxy) is 1. The summed E-state index contributed by atoms with van der Waals surface area (Å²) in [4.78, 5) is 11.5. The Morgan fingerprint density at radius 3 is 2.21 bits per heavy atom. The molecule has 2 N–H and O–H groups in total. The summed E-state index contributed by atoms with van der Waals surface area (Å²) in [6.45, 7) is 0.888. The number of nitrogens with two attached hydrogens (primary N) is 1. The molecule has 3 aromatic rings. The van der Waals surface area contributed by atoms with Gasteiger partial charge in [-0.1, -0.05) is 42.5 Å². The van der Waals surface area contributed by atoms with E-state index in [-0.39, 0.29) is 4.59 Å². The van der Waals surface area contributed by atoms with E-state index in [0.29, 0.717) is 0 Å². The van der Waals surface area contributed by atoms with E-state index in [1.54, 1.807) is 12.4 Å². The van der Waals surface area contributed by atoms with E-state index in [1.165, 1.54) is 5.56 Å². The van der Waals surface area contributed by atoms with Crippen LogP contribution in [-0.4, -0.2) is 35.6 Å². The number of para-hydroxylation sites is 1. The predicted molar refractivity (Wildman–Crippen MR) is 132 cm³/mol. The Morgan fingerprint density at radius 1 is 0.848 bits per heavy atom. The monoisotopic (exact) mass is 436 g/mol. The summed E-state index contributed by atoms with van der Waals surface area (Å²) in [7, 11) is 4.13. The van der Waals surface area contributed by atoms with Crippen molar-refractivity contribution in [1.29, 1.82) is 0 Å². The average Bonchev–Trinajstić information content (AvgIpc) is 3.13. The first-order chi connectivity index (χ1) is 16.0. The molecule has 6 nitrogen and oxygen atoms in total. The molecule has 6 heteroatoms. The van der Waals surface area contributed by atoms with Crippen LogP contribution in [0, 0.1) is 0 Å². The summed E-state index contributed by atoms with van der Waals surface area (Å²) in [6, 6.07) is 26.0. The molecule has 0 radical (unpaired) electrons. The zero-order chi connectivity index (χ0) is 22.8. The van der Waals surface area contributed by atoms with Crippen LogP contribution in [0.3, 0.4) is 0 Å². The maximum atomic E-state index is 6.86. The summed E-state index contributed by atoms with van der Waals surface area (Å²) in [6.07, 6.45) is 5.37. The molecule has 0 fully saturated rings. The molecule has 0 bridgehead atoms. The van der Waals surface area contributed by atoms with Crippen LogP contribution in [0.5, 0.6) is 11.5 Å². The highest BCUT2D eigenvalue weighted by atomic mass is 16.5. The number of allylic oxidation sites excluding steroid dienone is 1. The number of fused-ring (bicyclic) bond motifs is 1. The number of benzene rings is 3. The van der Waals surface area contributed by atoms with Gasteiger partial charge in [-0.25, -0.2) is 0 Å². The van der Waals surface area contributed by atoms with Crippen molar-refractivity contribution in [2.45, 2.75) is 6.54 Å². The van der Waals surface area contributed by atoms with Gasteiger partial charge in [-0.3, -0.25) is 4.99 Å². The standard InChI is InChI=1S/C27H26N5O/c1-31(2)19-20-8-10-21(11-9-20)26-25-18-29-16-17-32(25,28)27(30-26)22-12-14-24(15-13-22)33-23-6-4-3-5-7-23/h3-18H,19,28H2,1-2H3/q+1. The van der Waals surface area contributed by atoms with E-state index in [2.05, 4.69) is 48.3 Å². The molecule has 0 spiro atoms. The van der Waals surface area contributed by atoms with Crippen molar-refractivity contribution in [3.05, 3.63) is 114 Å². The lowest BCUT2D eigenvalue weighted by atomic mass is 10.1. The lowest BCUT2D eigenvalue weighted by molar-refractivity contribution is -0.749. The SMILES string of the molecule is CN(C)Cc1ccc(C2=C3C=NC=C[N+]3(N)C(c3ccc(Oc4ccccc4)cc3)=N2)cc1. The van der Waals surface area contributed by atoms with Crippen LogP contribution in [0.15, 0.2) is 107 Å². The quantitative estimate of drug-likeness (QED) is 0.441. The predicted octanol–water partition coefficient (Wildman–Crippen LogP) is 4.92. The Kier molecular flexibility index (Phi) is 5.48. The van der Waals surface area contributed by atoms with Crippen molar-refractivity contribution in [2.24, 2.45) is 15.8 Å². The smallest absolute Gasteiger partial charge is 0.265 e. The molecule has 2 aliphatic heterocycles. The summed E-state index contributed by atoms with van der Waals surface area (Å²) in [5.74, 6) is 9.15. The van der Waals surface area contributed by atoms with Crippen molar-refractivity contribution in [2.75, 3.05) is 14.1 Å². The number of hydrogen-bond donors (Lipinski definition) is 1. The van der Waals surface area contributed by atoms with Gasteiger partial charge in [0.1, 0.15) is 23.4 Å². The molecule has 0 saturated heterocycles. The van der Waals surface area contributed by atoms with E-state index in [9.17, 15) is 0 Å². The van der Waals surface area contributed by atoms with Gasteiger partial charge in [-0.05, 0) is 56.1 Å². The number of amidine groups is 1. The highest BCUT2D eigenvalue weighted by Gasteiger charge is 2.44. The average molecular weight is 437 g/mol. The Hall–Kier alpha value is -3.84. The Balaban J connectivity index is 1.47. The van der Waals surface area contributed by atoms with Gasteiger partial charge in [0.15, 0.2) is 0 Å². The summed E-state index contributed by atoms with van der Waals surface area (Å²) >= 11 is 0. The largest absolute Gasteiger partial charge is 0.457 e. The molecule has 2 aliphatic rings. The molecule has 1 atom stereocenters. The van der Waals surface area contributed by atoms with Crippen molar-refractivity contribution in [3.8, 4) is 11.5 Å². The number of nitrogens with zero attached hydrogens (tertiary/aromatic N) is 4. The molecule has 0 amide bonds. The minimum atomic E-state index is -0.0167. The molecule has 164 valence electrons. The molecule has 0 saturated carbocycles. The molecule has 0 aromatic heterocycles. The molecule has 2 heterocycles. The molecule has 33 heavy (non-hydrogen) atoms. The van der Waals surface area contributed by atoms with Gasteiger partial charge in [0.05, 0.1) is 18.0 Å². The Labute approximate surface area is 193 Å². The lowest BCUT2D eigenvalue weighted by Crippen LogP contribution is -2.53. The van der Waals surface area contributed by atoms with Gasteiger partial charge in [0.2, 0.25) is 5.70 Å². The first-order valence-corrected chi connectivity index (χ1v) is 10.8. The molecule has 1 unspecified atom stereocenters. The lowest BCUT2D eigenvalue weighted by Gasteiger charge is -2.26.